The topological polar surface area (TPSA) is 43.4 Å². The molecule has 0 heterocycles. The molecule has 102 valence electrons. The van der Waals surface area contributed by atoms with Gasteiger partial charge in [0.2, 0.25) is 0 Å². The Morgan fingerprint density at radius 2 is 1.50 bits per heavy atom. The fourth-order valence-corrected chi connectivity index (χ4v) is 1.48. The molecule has 0 radical (unpaired) electrons. The molecule has 0 atom stereocenters. The second kappa shape index (κ2) is 12.1. The van der Waals surface area contributed by atoms with E-state index in [1.165, 1.54) is 19.8 Å². The van der Waals surface area contributed by atoms with E-state index in [0.29, 0.717) is 6.61 Å². The number of allylic oxidation sites excluding steroid dienone is 3. The number of carbonyl (C=O) groups is 2. The van der Waals surface area contributed by atoms with E-state index in [-0.39, 0.29) is 11.8 Å². The van der Waals surface area contributed by atoms with Crippen molar-refractivity contribution in [2.45, 2.75) is 52.4 Å². The van der Waals surface area contributed by atoms with E-state index in [0.717, 1.165) is 25.7 Å². The number of hydrogen-bond acceptors (Lipinski definition) is 3. The third kappa shape index (κ3) is 14.6. The van der Waals surface area contributed by atoms with Crippen molar-refractivity contribution in [3.8, 4) is 0 Å². The minimum absolute atomic E-state index is 0.118. The van der Waals surface area contributed by atoms with Crippen molar-refractivity contribution in [3.63, 3.8) is 0 Å². The van der Waals surface area contributed by atoms with Crippen molar-refractivity contribution in [1.29, 1.82) is 0 Å². The van der Waals surface area contributed by atoms with Crippen molar-refractivity contribution in [2.24, 2.45) is 0 Å². The van der Waals surface area contributed by atoms with E-state index in [1.54, 1.807) is 13.0 Å². The zero-order valence-electron chi connectivity index (χ0n) is 11.5. The lowest BCUT2D eigenvalue weighted by atomic mass is 10.1. The van der Waals surface area contributed by atoms with E-state index in [9.17, 15) is 9.59 Å². The Balaban J connectivity index is 3.21. The molecular weight excluding hydrogens is 228 g/mol. The van der Waals surface area contributed by atoms with Crippen LogP contribution in [0.25, 0.3) is 0 Å². The summed E-state index contributed by atoms with van der Waals surface area (Å²) in [5.41, 5.74) is 0. The van der Waals surface area contributed by atoms with Gasteiger partial charge in [0.1, 0.15) is 6.61 Å². The first-order chi connectivity index (χ1) is 8.63. The molecule has 0 unspecified atom stereocenters. The van der Waals surface area contributed by atoms with Crippen molar-refractivity contribution in [1.82, 2.24) is 0 Å². The lowest BCUT2D eigenvalue weighted by Gasteiger charge is -1.97. The lowest BCUT2D eigenvalue weighted by molar-refractivity contribution is -0.139. The van der Waals surface area contributed by atoms with Crippen molar-refractivity contribution in [2.75, 3.05) is 6.61 Å². The summed E-state index contributed by atoms with van der Waals surface area (Å²) in [6.07, 6.45) is 14.2. The highest BCUT2D eigenvalue weighted by atomic mass is 16.5. The van der Waals surface area contributed by atoms with E-state index in [4.69, 9.17) is 4.74 Å². The van der Waals surface area contributed by atoms with Crippen molar-refractivity contribution in [3.05, 3.63) is 24.3 Å². The molecule has 0 aliphatic carbocycles. The number of rotatable bonds is 10. The van der Waals surface area contributed by atoms with Gasteiger partial charge in [-0.25, -0.2) is 0 Å². The Morgan fingerprint density at radius 3 is 2.06 bits per heavy atom. The van der Waals surface area contributed by atoms with Gasteiger partial charge in [0.15, 0.2) is 5.78 Å². The Kier molecular flexibility index (Phi) is 11.2. The van der Waals surface area contributed by atoms with Gasteiger partial charge in [-0.15, -0.1) is 0 Å². The molecule has 0 bridgehead atoms. The van der Waals surface area contributed by atoms with Gasteiger partial charge in [0, 0.05) is 6.92 Å². The fourth-order valence-electron chi connectivity index (χ4n) is 1.48. The molecule has 0 saturated carbocycles. The molecule has 18 heavy (non-hydrogen) atoms. The molecule has 0 aromatic carbocycles. The molecule has 0 N–H and O–H groups in total. The Morgan fingerprint density at radius 1 is 0.889 bits per heavy atom. The number of ether oxygens (including phenoxy) is 1. The number of carbonyl (C=O) groups excluding carboxylic acids is 2. The molecular formula is C15H24O3. The minimum Gasteiger partial charge on any atom is -0.462 e. The standard InChI is InChI=1S/C15H24O3/c1-14(16)12-10-8-6-4-3-5-7-9-11-13-18-15(2)17/h9-12H,3-8,13H2,1-2H3/b11-9+,12-10+. The van der Waals surface area contributed by atoms with Crippen molar-refractivity contribution >= 4 is 11.8 Å². The second-order valence-corrected chi connectivity index (χ2v) is 4.28. The maximum absolute atomic E-state index is 10.6. The van der Waals surface area contributed by atoms with Gasteiger partial charge >= 0.3 is 5.97 Å². The zero-order chi connectivity index (χ0) is 13.6. The summed E-state index contributed by atoms with van der Waals surface area (Å²) in [5.74, 6) is -0.119. The number of unbranched alkanes of at least 4 members (excludes halogenated alkanes) is 5. The normalized spacial score (nSPS) is 11.2. The molecule has 0 rings (SSSR count). The minimum atomic E-state index is -0.238. The van der Waals surface area contributed by atoms with Crippen LogP contribution in [0.3, 0.4) is 0 Å². The van der Waals surface area contributed by atoms with Crippen LogP contribution < -0.4 is 0 Å². The predicted octanol–water partition coefficient (Wildman–Crippen LogP) is 3.59. The van der Waals surface area contributed by atoms with Gasteiger partial charge in [0.05, 0.1) is 0 Å². The SMILES string of the molecule is CC(=O)/C=C/CCCCCC/C=C/COC(C)=O. The highest BCUT2D eigenvalue weighted by Crippen LogP contribution is 2.06. The molecule has 0 aliphatic rings. The second-order valence-electron chi connectivity index (χ2n) is 4.28. The average molecular weight is 252 g/mol. The smallest absolute Gasteiger partial charge is 0.302 e. The van der Waals surface area contributed by atoms with E-state index >= 15 is 0 Å². The first-order valence-electron chi connectivity index (χ1n) is 6.58. The first-order valence-corrected chi connectivity index (χ1v) is 6.58. The van der Waals surface area contributed by atoms with E-state index < -0.39 is 0 Å². The number of ketones is 1. The summed E-state index contributed by atoms with van der Waals surface area (Å²) in [4.78, 5) is 21.1. The predicted molar refractivity (Wildman–Crippen MR) is 73.3 cm³/mol. The van der Waals surface area contributed by atoms with Crippen LogP contribution >= 0.6 is 0 Å². The molecule has 0 aromatic rings. The van der Waals surface area contributed by atoms with E-state index in [2.05, 4.69) is 6.08 Å². The summed E-state index contributed by atoms with van der Waals surface area (Å²) >= 11 is 0. The van der Waals surface area contributed by atoms with Gasteiger partial charge in [-0.05, 0) is 38.7 Å². The van der Waals surface area contributed by atoms with Crippen LogP contribution in [0.5, 0.6) is 0 Å². The van der Waals surface area contributed by atoms with Crippen LogP contribution in [-0.4, -0.2) is 18.4 Å². The molecule has 0 aliphatic heterocycles. The van der Waals surface area contributed by atoms with Gasteiger partial charge in [-0.2, -0.15) is 0 Å². The fraction of sp³-hybridized carbons (Fsp3) is 0.600. The number of esters is 1. The van der Waals surface area contributed by atoms with Crippen LogP contribution in [0.4, 0.5) is 0 Å². The summed E-state index contributed by atoms with van der Waals surface area (Å²) in [6, 6.07) is 0. The summed E-state index contributed by atoms with van der Waals surface area (Å²) in [7, 11) is 0. The highest BCUT2D eigenvalue weighted by molar-refractivity contribution is 5.87. The molecule has 0 amide bonds. The summed E-state index contributed by atoms with van der Waals surface area (Å²) in [6.45, 7) is 3.36. The summed E-state index contributed by atoms with van der Waals surface area (Å²) in [5, 5.41) is 0. The molecule has 3 nitrogen and oxygen atoms in total. The quantitative estimate of drug-likeness (QED) is 0.258. The molecule has 0 spiro atoms. The van der Waals surface area contributed by atoms with E-state index in [1.807, 2.05) is 12.2 Å². The van der Waals surface area contributed by atoms with Crippen molar-refractivity contribution < 1.29 is 14.3 Å². The summed E-state index contributed by atoms with van der Waals surface area (Å²) < 4.78 is 4.77. The van der Waals surface area contributed by atoms with Gasteiger partial charge < -0.3 is 4.74 Å². The number of hydrogen-bond donors (Lipinski definition) is 0. The van der Waals surface area contributed by atoms with Crippen LogP contribution in [0, 0.1) is 0 Å². The average Bonchev–Trinajstić information content (AvgIpc) is 2.29. The molecule has 3 heteroatoms. The Bertz CT molecular complexity index is 290. The van der Waals surface area contributed by atoms with Gasteiger partial charge in [-0.3, -0.25) is 9.59 Å². The van der Waals surface area contributed by atoms with Crippen LogP contribution in [0.1, 0.15) is 52.4 Å². The Labute approximate surface area is 110 Å². The molecule has 0 saturated heterocycles. The molecule has 0 fully saturated rings. The van der Waals surface area contributed by atoms with Gasteiger partial charge in [0.25, 0.3) is 0 Å². The highest BCUT2D eigenvalue weighted by Gasteiger charge is 1.89. The maximum Gasteiger partial charge on any atom is 0.302 e. The van der Waals surface area contributed by atoms with Crippen LogP contribution in [-0.2, 0) is 14.3 Å². The van der Waals surface area contributed by atoms with Crippen LogP contribution in [0.15, 0.2) is 24.3 Å². The Hall–Kier alpha value is -1.38. The molecule has 0 aromatic heterocycles. The van der Waals surface area contributed by atoms with Crippen LogP contribution in [0.2, 0.25) is 0 Å². The third-order valence-electron chi connectivity index (χ3n) is 2.39. The monoisotopic (exact) mass is 252 g/mol. The third-order valence-corrected chi connectivity index (χ3v) is 2.39. The largest absolute Gasteiger partial charge is 0.462 e. The lowest BCUT2D eigenvalue weighted by Crippen LogP contribution is -1.97. The zero-order valence-corrected chi connectivity index (χ0v) is 11.5. The first kappa shape index (κ1) is 16.6. The maximum atomic E-state index is 10.6. The van der Waals surface area contributed by atoms with Gasteiger partial charge in [-0.1, -0.05) is 31.1 Å².